The van der Waals surface area contributed by atoms with Crippen molar-refractivity contribution in [3.8, 4) is 11.1 Å². The van der Waals surface area contributed by atoms with Gasteiger partial charge in [-0.2, -0.15) is 11.8 Å². The second-order valence-corrected chi connectivity index (χ2v) is 9.27. The molecular formula is C22H23ClN2OS. The second kappa shape index (κ2) is 6.84. The Balaban J connectivity index is 1.70. The van der Waals surface area contributed by atoms with Crippen LogP contribution in [-0.4, -0.2) is 37.2 Å². The van der Waals surface area contributed by atoms with Crippen molar-refractivity contribution in [2.24, 2.45) is 0 Å². The lowest BCUT2D eigenvalue weighted by Crippen LogP contribution is -2.44. The van der Waals surface area contributed by atoms with Gasteiger partial charge in [0.05, 0.1) is 0 Å². The first kappa shape index (κ1) is 17.6. The zero-order valence-corrected chi connectivity index (χ0v) is 17.0. The fraction of sp³-hybridized carbons (Fsp3) is 0.409. The highest BCUT2D eigenvalue weighted by Gasteiger charge is 2.41. The molecule has 1 fully saturated rings. The maximum Gasteiger partial charge on any atom is 0.160 e. The lowest BCUT2D eigenvalue weighted by molar-refractivity contribution is 0.101. The number of benzene rings is 2. The van der Waals surface area contributed by atoms with Crippen LogP contribution in [0, 0.1) is 0 Å². The molecule has 0 radical (unpaired) electrons. The fourth-order valence-electron chi connectivity index (χ4n) is 5.00. The summed E-state index contributed by atoms with van der Waals surface area (Å²) in [4.78, 5) is 14.9. The molecule has 0 aromatic heterocycles. The molecule has 1 saturated heterocycles. The Morgan fingerprint density at radius 1 is 1.30 bits per heavy atom. The number of Topliss-reactive ketones (excluding diaryl/α,β-unsaturated/α-hetero) is 1. The third-order valence-electron chi connectivity index (χ3n) is 6.16. The van der Waals surface area contributed by atoms with E-state index in [2.05, 4.69) is 22.3 Å². The first-order chi connectivity index (χ1) is 13.1. The van der Waals surface area contributed by atoms with Crippen molar-refractivity contribution in [1.29, 1.82) is 0 Å². The minimum atomic E-state index is 0.0621. The number of nitrogens with one attached hydrogen (secondary N) is 1. The molecule has 2 atom stereocenters. The van der Waals surface area contributed by atoms with Gasteiger partial charge in [0.15, 0.2) is 5.78 Å². The average molecular weight is 399 g/mol. The zero-order chi connectivity index (χ0) is 18.5. The molecule has 27 heavy (non-hydrogen) atoms. The van der Waals surface area contributed by atoms with Gasteiger partial charge in [-0.25, -0.2) is 0 Å². The number of carbonyl (C=O) groups is 1. The van der Waals surface area contributed by atoms with E-state index in [4.69, 9.17) is 11.6 Å². The van der Waals surface area contributed by atoms with Gasteiger partial charge < -0.3 is 10.2 Å². The van der Waals surface area contributed by atoms with E-state index in [-0.39, 0.29) is 5.78 Å². The van der Waals surface area contributed by atoms with Gasteiger partial charge >= 0.3 is 0 Å². The van der Waals surface area contributed by atoms with E-state index in [9.17, 15) is 4.79 Å². The molecule has 0 spiro atoms. The predicted molar refractivity (Wildman–Crippen MR) is 114 cm³/mol. The van der Waals surface area contributed by atoms with Crippen molar-refractivity contribution in [1.82, 2.24) is 5.32 Å². The topological polar surface area (TPSA) is 32.3 Å². The molecule has 2 aromatic rings. The number of thioether (sulfide) groups is 1. The predicted octanol–water partition coefficient (Wildman–Crippen LogP) is 4.72. The summed E-state index contributed by atoms with van der Waals surface area (Å²) in [6.45, 7) is 4.91. The third-order valence-corrected chi connectivity index (χ3v) is 7.38. The van der Waals surface area contributed by atoms with Crippen LogP contribution in [-0.2, 0) is 5.75 Å². The van der Waals surface area contributed by atoms with Crippen molar-refractivity contribution < 1.29 is 4.79 Å². The van der Waals surface area contributed by atoms with E-state index in [1.807, 2.05) is 23.9 Å². The SMILES string of the molecule is CC(=O)c1cc(Cl)ccc1-c1cc2c3c(c1)[C@@H]1CNCC[C@@H]1N3CCSC2. The summed E-state index contributed by atoms with van der Waals surface area (Å²) >= 11 is 8.19. The van der Waals surface area contributed by atoms with Crippen molar-refractivity contribution in [2.75, 3.05) is 30.3 Å². The molecule has 5 rings (SSSR count). The van der Waals surface area contributed by atoms with Crippen LogP contribution in [0.15, 0.2) is 30.3 Å². The number of hydrogen-bond donors (Lipinski definition) is 1. The van der Waals surface area contributed by atoms with Gasteiger partial charge in [-0.05, 0) is 66.4 Å². The number of piperidine rings is 1. The molecule has 0 saturated carbocycles. The summed E-state index contributed by atoms with van der Waals surface area (Å²) in [6.07, 6.45) is 1.21. The number of carbonyl (C=O) groups excluding carboxylic acids is 1. The van der Waals surface area contributed by atoms with Gasteiger partial charge in [0, 0.05) is 52.8 Å². The zero-order valence-electron chi connectivity index (χ0n) is 15.4. The second-order valence-electron chi connectivity index (χ2n) is 7.73. The first-order valence-corrected chi connectivity index (χ1v) is 11.2. The summed E-state index contributed by atoms with van der Waals surface area (Å²) in [5.41, 5.74) is 7.22. The number of ketones is 1. The molecule has 3 aliphatic heterocycles. The number of nitrogens with zero attached hydrogens (tertiary/aromatic N) is 1. The standard InChI is InChI=1S/C22H23ClN2OS/c1-13(26)18-10-16(23)2-3-17(18)14-8-15-12-27-7-6-25-21-4-5-24-11-20(21)19(9-14)22(15)25/h2-3,8-10,20-21,24H,4-7,11-12H2,1H3/t20-,21-/m0/s1. The van der Waals surface area contributed by atoms with Crippen LogP contribution in [0.5, 0.6) is 0 Å². The fourth-order valence-corrected chi connectivity index (χ4v) is 6.08. The van der Waals surface area contributed by atoms with Crippen LogP contribution in [0.3, 0.4) is 0 Å². The van der Waals surface area contributed by atoms with Gasteiger partial charge in [-0.3, -0.25) is 4.79 Å². The van der Waals surface area contributed by atoms with Crippen LogP contribution in [0.1, 0.15) is 40.7 Å². The van der Waals surface area contributed by atoms with Gasteiger partial charge in [0.1, 0.15) is 0 Å². The Morgan fingerprint density at radius 3 is 3.04 bits per heavy atom. The first-order valence-electron chi connectivity index (χ1n) is 9.66. The summed E-state index contributed by atoms with van der Waals surface area (Å²) in [7, 11) is 0. The number of halogens is 1. The van der Waals surface area contributed by atoms with E-state index in [0.717, 1.165) is 36.5 Å². The van der Waals surface area contributed by atoms with E-state index >= 15 is 0 Å². The van der Waals surface area contributed by atoms with Crippen LogP contribution in [0.2, 0.25) is 5.02 Å². The highest BCUT2D eigenvalue weighted by molar-refractivity contribution is 7.98. The smallest absolute Gasteiger partial charge is 0.160 e. The molecule has 2 aromatic carbocycles. The van der Waals surface area contributed by atoms with E-state index in [1.165, 1.54) is 29.0 Å². The molecule has 0 aliphatic carbocycles. The van der Waals surface area contributed by atoms with Crippen LogP contribution >= 0.6 is 23.4 Å². The molecule has 5 heteroatoms. The quantitative estimate of drug-likeness (QED) is 0.742. The normalized spacial score (nSPS) is 23.6. The summed E-state index contributed by atoms with van der Waals surface area (Å²) in [5.74, 6) is 2.83. The van der Waals surface area contributed by atoms with Crippen LogP contribution < -0.4 is 10.2 Å². The van der Waals surface area contributed by atoms with Crippen molar-refractivity contribution in [2.45, 2.75) is 31.1 Å². The Kier molecular flexibility index (Phi) is 4.46. The Morgan fingerprint density at radius 2 is 2.19 bits per heavy atom. The van der Waals surface area contributed by atoms with Gasteiger partial charge in [-0.1, -0.05) is 17.7 Å². The number of fused-ring (bicyclic) bond motifs is 3. The highest BCUT2D eigenvalue weighted by Crippen LogP contribution is 2.49. The third kappa shape index (κ3) is 2.89. The minimum absolute atomic E-state index is 0.0621. The van der Waals surface area contributed by atoms with E-state index in [0.29, 0.717) is 22.5 Å². The molecule has 0 amide bonds. The molecule has 0 unspecified atom stereocenters. The Labute approximate surface area is 169 Å². The Bertz CT molecular complexity index is 929. The molecule has 3 heterocycles. The van der Waals surface area contributed by atoms with Gasteiger partial charge in [0.2, 0.25) is 0 Å². The van der Waals surface area contributed by atoms with Crippen LogP contribution in [0.4, 0.5) is 5.69 Å². The monoisotopic (exact) mass is 398 g/mol. The van der Waals surface area contributed by atoms with Crippen molar-refractivity contribution in [3.63, 3.8) is 0 Å². The summed E-state index contributed by atoms with van der Waals surface area (Å²) < 4.78 is 0. The number of anilines is 1. The van der Waals surface area contributed by atoms with Crippen molar-refractivity contribution >= 4 is 34.8 Å². The molecule has 140 valence electrons. The lowest BCUT2D eigenvalue weighted by atomic mass is 9.87. The maximum absolute atomic E-state index is 12.2. The van der Waals surface area contributed by atoms with Gasteiger partial charge in [-0.15, -0.1) is 0 Å². The van der Waals surface area contributed by atoms with E-state index < -0.39 is 0 Å². The average Bonchev–Trinajstić information content (AvgIpc) is 2.83. The molecule has 1 N–H and O–H groups in total. The number of rotatable bonds is 2. The molecular weight excluding hydrogens is 376 g/mol. The lowest BCUT2D eigenvalue weighted by Gasteiger charge is -2.33. The molecule has 0 bridgehead atoms. The highest BCUT2D eigenvalue weighted by atomic mass is 35.5. The maximum atomic E-state index is 12.2. The minimum Gasteiger partial charge on any atom is -0.367 e. The molecule has 3 aliphatic rings. The number of hydrogen-bond acceptors (Lipinski definition) is 4. The van der Waals surface area contributed by atoms with Crippen LogP contribution in [0.25, 0.3) is 11.1 Å². The Hall–Kier alpha value is -1.49. The summed E-state index contributed by atoms with van der Waals surface area (Å²) in [6, 6.07) is 11.0. The van der Waals surface area contributed by atoms with Gasteiger partial charge in [0.25, 0.3) is 0 Å². The van der Waals surface area contributed by atoms with Crippen molar-refractivity contribution in [3.05, 3.63) is 52.0 Å². The largest absolute Gasteiger partial charge is 0.367 e. The summed E-state index contributed by atoms with van der Waals surface area (Å²) in [5, 5.41) is 4.20. The van der Waals surface area contributed by atoms with E-state index in [1.54, 1.807) is 13.0 Å². The molecule has 3 nitrogen and oxygen atoms in total.